The minimum Gasteiger partial charge on any atom is -0.319 e. The van der Waals surface area contributed by atoms with Gasteiger partial charge in [-0.3, -0.25) is 4.98 Å². The Balaban J connectivity index is 2.10. The molecule has 1 saturated carbocycles. The van der Waals surface area contributed by atoms with Gasteiger partial charge in [0.2, 0.25) is 0 Å². The molecule has 0 saturated heterocycles. The van der Waals surface area contributed by atoms with Gasteiger partial charge in [0, 0.05) is 23.4 Å². The predicted molar refractivity (Wildman–Crippen MR) is 70.4 cm³/mol. The second-order valence-corrected chi connectivity index (χ2v) is 6.06. The van der Waals surface area contributed by atoms with Gasteiger partial charge in [0.05, 0.1) is 0 Å². The lowest BCUT2D eigenvalue weighted by Gasteiger charge is -2.29. The second kappa shape index (κ2) is 4.84. The van der Waals surface area contributed by atoms with Gasteiger partial charge in [-0.25, -0.2) is 0 Å². The van der Waals surface area contributed by atoms with Crippen molar-refractivity contribution in [1.29, 1.82) is 0 Å². The minimum atomic E-state index is 0.386. The number of nitrogens with zero attached hydrogens (tertiary/aromatic N) is 1. The summed E-state index contributed by atoms with van der Waals surface area (Å²) in [4.78, 5) is 4.24. The van der Waals surface area contributed by atoms with Crippen LogP contribution in [0.15, 0.2) is 22.9 Å². The molecule has 1 aliphatic carbocycles. The molecule has 1 heterocycles. The highest BCUT2D eigenvalue weighted by Gasteiger charge is 2.40. The van der Waals surface area contributed by atoms with Crippen LogP contribution in [0.5, 0.6) is 0 Å². The average molecular weight is 283 g/mol. The number of halogens is 1. The normalized spacial score (nSPS) is 19.4. The van der Waals surface area contributed by atoms with Crippen LogP contribution in [0.4, 0.5) is 0 Å². The van der Waals surface area contributed by atoms with Crippen LogP contribution >= 0.6 is 15.9 Å². The number of hydrogen-bond acceptors (Lipinski definition) is 2. The summed E-state index contributed by atoms with van der Waals surface area (Å²) in [7, 11) is 2.04. The summed E-state index contributed by atoms with van der Waals surface area (Å²) in [5, 5.41) is 3.33. The van der Waals surface area contributed by atoms with Crippen LogP contribution in [0.2, 0.25) is 0 Å². The fourth-order valence-electron chi connectivity index (χ4n) is 2.55. The number of aromatic nitrogens is 1. The van der Waals surface area contributed by atoms with Crippen LogP contribution < -0.4 is 5.32 Å². The van der Waals surface area contributed by atoms with Crippen LogP contribution in [-0.4, -0.2) is 18.6 Å². The van der Waals surface area contributed by atoms with Crippen LogP contribution in [0.3, 0.4) is 0 Å². The molecule has 1 aliphatic rings. The van der Waals surface area contributed by atoms with Crippen molar-refractivity contribution in [2.24, 2.45) is 11.3 Å². The van der Waals surface area contributed by atoms with Crippen molar-refractivity contribution in [2.75, 3.05) is 13.6 Å². The van der Waals surface area contributed by atoms with E-state index in [1.807, 2.05) is 19.4 Å². The van der Waals surface area contributed by atoms with E-state index >= 15 is 0 Å². The Bertz CT molecular complexity index is 363. The summed E-state index contributed by atoms with van der Waals surface area (Å²) in [6.45, 7) is 3.48. The Kier molecular flexibility index (Phi) is 3.65. The molecule has 3 heteroatoms. The average Bonchev–Trinajstić information content (AvgIpc) is 3.00. The summed E-state index contributed by atoms with van der Waals surface area (Å²) >= 11 is 3.48. The van der Waals surface area contributed by atoms with Crippen molar-refractivity contribution in [2.45, 2.75) is 26.2 Å². The van der Waals surface area contributed by atoms with E-state index < -0.39 is 0 Å². The molecule has 1 atom stereocenters. The first kappa shape index (κ1) is 12.1. The highest BCUT2D eigenvalue weighted by molar-refractivity contribution is 9.10. The molecule has 1 N–H and O–H groups in total. The maximum absolute atomic E-state index is 4.24. The van der Waals surface area contributed by atoms with Gasteiger partial charge in [0.15, 0.2) is 0 Å². The summed E-state index contributed by atoms with van der Waals surface area (Å²) in [6.07, 6.45) is 7.72. The van der Waals surface area contributed by atoms with E-state index in [0.717, 1.165) is 23.4 Å². The van der Waals surface area contributed by atoms with Crippen molar-refractivity contribution in [3.05, 3.63) is 28.5 Å². The van der Waals surface area contributed by atoms with Gasteiger partial charge >= 0.3 is 0 Å². The maximum Gasteiger partial charge on any atom is 0.0410 e. The van der Waals surface area contributed by atoms with E-state index in [1.165, 1.54) is 18.4 Å². The van der Waals surface area contributed by atoms with Gasteiger partial charge in [0.25, 0.3) is 0 Å². The van der Waals surface area contributed by atoms with Crippen molar-refractivity contribution >= 4 is 15.9 Å². The zero-order valence-electron chi connectivity index (χ0n) is 9.96. The van der Waals surface area contributed by atoms with Crippen LogP contribution in [-0.2, 0) is 6.42 Å². The second-order valence-electron chi connectivity index (χ2n) is 5.15. The molecule has 0 bridgehead atoms. The molecule has 0 aromatic carbocycles. The molecule has 16 heavy (non-hydrogen) atoms. The zero-order chi connectivity index (χ0) is 11.6. The molecule has 1 aromatic rings. The largest absolute Gasteiger partial charge is 0.319 e. The molecule has 0 aliphatic heterocycles. The van der Waals surface area contributed by atoms with Crippen LogP contribution in [0.1, 0.15) is 25.3 Å². The molecule has 2 nitrogen and oxygen atoms in total. The predicted octanol–water partition coefficient (Wildman–Crippen LogP) is 3.02. The fraction of sp³-hybridized carbons (Fsp3) is 0.615. The van der Waals surface area contributed by atoms with E-state index in [2.05, 4.69) is 39.2 Å². The van der Waals surface area contributed by atoms with Crippen molar-refractivity contribution in [3.63, 3.8) is 0 Å². The number of nitrogens with one attached hydrogen (secondary N) is 1. The van der Waals surface area contributed by atoms with E-state index in [9.17, 15) is 0 Å². The Hall–Kier alpha value is -0.410. The SMILES string of the molecule is CNCC(C)(Cc1cncc(Br)c1)C1CC1. The van der Waals surface area contributed by atoms with E-state index in [1.54, 1.807) is 0 Å². The standard InChI is InChI=1S/C13H19BrN2/c1-13(9-15-2,11-3-4-11)6-10-5-12(14)8-16-7-10/h5,7-8,11,15H,3-4,6,9H2,1-2H3. The Labute approximate surface area is 106 Å². The molecule has 0 spiro atoms. The van der Waals surface area contributed by atoms with Crippen molar-refractivity contribution < 1.29 is 0 Å². The van der Waals surface area contributed by atoms with E-state index in [4.69, 9.17) is 0 Å². The third-order valence-electron chi connectivity index (χ3n) is 3.51. The number of hydrogen-bond donors (Lipinski definition) is 1. The van der Waals surface area contributed by atoms with Gasteiger partial charge in [0.1, 0.15) is 0 Å². The summed E-state index contributed by atoms with van der Waals surface area (Å²) in [5.41, 5.74) is 1.72. The van der Waals surface area contributed by atoms with Gasteiger partial charge in [-0.2, -0.15) is 0 Å². The molecular formula is C13H19BrN2. The molecule has 0 amide bonds. The summed E-state index contributed by atoms with van der Waals surface area (Å²) in [6, 6.07) is 2.18. The van der Waals surface area contributed by atoms with Gasteiger partial charge < -0.3 is 5.32 Å². The molecule has 1 aromatic heterocycles. The Morgan fingerprint density at radius 3 is 2.81 bits per heavy atom. The molecule has 1 fully saturated rings. The Morgan fingerprint density at radius 2 is 2.25 bits per heavy atom. The topological polar surface area (TPSA) is 24.9 Å². The monoisotopic (exact) mass is 282 g/mol. The van der Waals surface area contributed by atoms with E-state index in [0.29, 0.717) is 5.41 Å². The van der Waals surface area contributed by atoms with Crippen LogP contribution in [0, 0.1) is 11.3 Å². The lowest BCUT2D eigenvalue weighted by molar-refractivity contribution is 0.262. The molecule has 1 unspecified atom stereocenters. The van der Waals surface area contributed by atoms with Crippen LogP contribution in [0.25, 0.3) is 0 Å². The lowest BCUT2D eigenvalue weighted by atomic mass is 9.79. The minimum absolute atomic E-state index is 0.386. The van der Waals surface area contributed by atoms with Gasteiger partial charge in [-0.15, -0.1) is 0 Å². The molecule has 88 valence electrons. The third kappa shape index (κ3) is 2.83. The molecule has 2 rings (SSSR count). The molecular weight excluding hydrogens is 264 g/mol. The Morgan fingerprint density at radius 1 is 1.50 bits per heavy atom. The van der Waals surface area contributed by atoms with Gasteiger partial charge in [-0.05, 0) is 65.2 Å². The smallest absolute Gasteiger partial charge is 0.0410 e. The lowest BCUT2D eigenvalue weighted by Crippen LogP contribution is -2.33. The molecule has 0 radical (unpaired) electrons. The first-order valence-electron chi connectivity index (χ1n) is 5.88. The first-order chi connectivity index (χ1) is 7.64. The zero-order valence-corrected chi connectivity index (χ0v) is 11.5. The number of rotatable bonds is 5. The quantitative estimate of drug-likeness (QED) is 0.898. The third-order valence-corrected chi connectivity index (χ3v) is 3.95. The van der Waals surface area contributed by atoms with Crippen molar-refractivity contribution in [3.8, 4) is 0 Å². The summed E-state index contributed by atoms with van der Waals surface area (Å²) in [5.74, 6) is 0.888. The number of pyridine rings is 1. The van der Waals surface area contributed by atoms with Crippen molar-refractivity contribution in [1.82, 2.24) is 10.3 Å². The van der Waals surface area contributed by atoms with E-state index in [-0.39, 0.29) is 0 Å². The highest BCUT2D eigenvalue weighted by atomic mass is 79.9. The highest BCUT2D eigenvalue weighted by Crippen LogP contribution is 2.47. The fourth-order valence-corrected chi connectivity index (χ4v) is 2.97. The maximum atomic E-state index is 4.24. The summed E-state index contributed by atoms with van der Waals surface area (Å²) < 4.78 is 1.08. The first-order valence-corrected chi connectivity index (χ1v) is 6.67. The van der Waals surface area contributed by atoms with Gasteiger partial charge in [-0.1, -0.05) is 6.92 Å².